The molecule has 4 atom stereocenters. The van der Waals surface area contributed by atoms with Crippen LogP contribution in [0.4, 0.5) is 0 Å². The van der Waals surface area contributed by atoms with Gasteiger partial charge in [0.1, 0.15) is 0 Å². The first kappa shape index (κ1) is 14.0. The maximum absolute atomic E-state index is 12.7. The van der Waals surface area contributed by atoms with Gasteiger partial charge in [0.2, 0.25) is 0 Å². The maximum Gasteiger partial charge on any atom is 0.0576 e. The molecule has 2 nitrogen and oxygen atoms in total. The van der Waals surface area contributed by atoms with Gasteiger partial charge in [-0.1, -0.05) is 18.5 Å². The molecule has 1 saturated carbocycles. The average Bonchev–Trinajstić information content (AvgIpc) is 2.39. The molecule has 4 heteroatoms. The van der Waals surface area contributed by atoms with Crippen molar-refractivity contribution in [1.82, 2.24) is 5.32 Å². The summed E-state index contributed by atoms with van der Waals surface area (Å²) >= 11 is 5.87. The molecule has 0 radical (unpaired) electrons. The van der Waals surface area contributed by atoms with Crippen LogP contribution in [0.5, 0.6) is 0 Å². The molecule has 2 rings (SSSR count). The van der Waals surface area contributed by atoms with Gasteiger partial charge < -0.3 is 5.32 Å². The molecular weight excluding hydrogens is 266 g/mol. The van der Waals surface area contributed by atoms with Crippen molar-refractivity contribution in [3.05, 3.63) is 29.3 Å². The van der Waals surface area contributed by atoms with Crippen molar-refractivity contribution in [2.24, 2.45) is 5.92 Å². The molecule has 0 bridgehead atoms. The summed E-state index contributed by atoms with van der Waals surface area (Å²) in [7, 11) is 1.02. The molecule has 0 amide bonds. The number of rotatable bonds is 3. The molecule has 18 heavy (non-hydrogen) atoms. The van der Waals surface area contributed by atoms with Crippen molar-refractivity contribution in [2.45, 2.75) is 42.4 Å². The topological polar surface area (TPSA) is 29.1 Å². The largest absolute Gasteiger partial charge is 0.316 e. The Kier molecular flexibility index (Phi) is 4.82. The SMILES string of the molecule is CNC1CCC(C)CC1S(=O)c1ccc(Cl)cc1. The molecule has 100 valence electrons. The molecule has 4 unspecified atom stereocenters. The summed E-state index contributed by atoms with van der Waals surface area (Å²) in [6.07, 6.45) is 3.36. The Hall–Kier alpha value is -0.380. The first-order valence-corrected chi connectivity index (χ1v) is 8.04. The zero-order valence-corrected chi connectivity index (χ0v) is 12.4. The minimum atomic E-state index is -0.950. The van der Waals surface area contributed by atoms with Gasteiger partial charge in [-0.25, -0.2) is 0 Å². The van der Waals surface area contributed by atoms with E-state index in [4.69, 9.17) is 11.6 Å². The van der Waals surface area contributed by atoms with Crippen LogP contribution >= 0.6 is 11.6 Å². The summed E-state index contributed by atoms with van der Waals surface area (Å²) in [5, 5.41) is 4.22. The monoisotopic (exact) mass is 285 g/mol. The molecule has 0 spiro atoms. The number of benzene rings is 1. The van der Waals surface area contributed by atoms with E-state index in [1.54, 1.807) is 0 Å². The fourth-order valence-corrected chi connectivity index (χ4v) is 4.59. The van der Waals surface area contributed by atoms with E-state index in [1.807, 2.05) is 31.3 Å². The highest BCUT2D eigenvalue weighted by atomic mass is 35.5. The van der Waals surface area contributed by atoms with Gasteiger partial charge in [-0.05, 0) is 56.5 Å². The van der Waals surface area contributed by atoms with Crippen LogP contribution in [0.1, 0.15) is 26.2 Å². The van der Waals surface area contributed by atoms with Crippen molar-refractivity contribution in [3.63, 3.8) is 0 Å². The second kappa shape index (κ2) is 6.18. The van der Waals surface area contributed by atoms with Crippen LogP contribution in [-0.4, -0.2) is 22.5 Å². The summed E-state index contributed by atoms with van der Waals surface area (Å²) in [4.78, 5) is 0.888. The number of halogens is 1. The van der Waals surface area contributed by atoms with Gasteiger partial charge >= 0.3 is 0 Å². The number of hydrogen-bond acceptors (Lipinski definition) is 2. The normalized spacial score (nSPS) is 30.1. The molecule has 0 saturated heterocycles. The smallest absolute Gasteiger partial charge is 0.0576 e. The van der Waals surface area contributed by atoms with Crippen LogP contribution in [0.2, 0.25) is 5.02 Å². The molecule has 1 aromatic rings. The van der Waals surface area contributed by atoms with Gasteiger partial charge in [0.25, 0.3) is 0 Å². The lowest BCUT2D eigenvalue weighted by Crippen LogP contribution is -2.44. The minimum Gasteiger partial charge on any atom is -0.316 e. The lowest BCUT2D eigenvalue weighted by molar-refractivity contribution is 0.325. The predicted molar refractivity (Wildman–Crippen MR) is 77.5 cm³/mol. The Morgan fingerprint density at radius 2 is 1.94 bits per heavy atom. The molecular formula is C14H20ClNOS. The van der Waals surface area contributed by atoms with Crippen LogP contribution in [0, 0.1) is 5.92 Å². The van der Waals surface area contributed by atoms with Crippen molar-refractivity contribution in [2.75, 3.05) is 7.05 Å². The van der Waals surface area contributed by atoms with E-state index in [0.717, 1.165) is 17.7 Å². The van der Waals surface area contributed by atoms with E-state index in [2.05, 4.69) is 12.2 Å². The lowest BCUT2D eigenvalue weighted by Gasteiger charge is -2.34. The second-order valence-electron chi connectivity index (χ2n) is 5.10. The molecule has 1 fully saturated rings. The third-order valence-corrected chi connectivity index (χ3v) is 5.81. The predicted octanol–water partition coefficient (Wildman–Crippen LogP) is 3.22. The highest BCUT2D eigenvalue weighted by Gasteiger charge is 2.32. The van der Waals surface area contributed by atoms with Crippen LogP contribution < -0.4 is 5.32 Å². The quantitative estimate of drug-likeness (QED) is 0.924. The molecule has 1 aliphatic rings. The Balaban J connectivity index is 2.17. The fourth-order valence-electron chi connectivity index (χ4n) is 2.64. The van der Waals surface area contributed by atoms with Gasteiger partial charge in [0, 0.05) is 16.0 Å². The molecule has 0 heterocycles. The Morgan fingerprint density at radius 3 is 2.56 bits per heavy atom. The Morgan fingerprint density at radius 1 is 1.28 bits per heavy atom. The van der Waals surface area contributed by atoms with Gasteiger partial charge in [-0.3, -0.25) is 4.21 Å². The van der Waals surface area contributed by atoms with E-state index in [-0.39, 0.29) is 5.25 Å². The molecule has 0 aliphatic heterocycles. The minimum absolute atomic E-state index is 0.208. The summed E-state index contributed by atoms with van der Waals surface area (Å²) in [6.45, 7) is 2.25. The summed E-state index contributed by atoms with van der Waals surface area (Å²) in [5.74, 6) is 0.663. The van der Waals surface area contributed by atoms with E-state index < -0.39 is 10.8 Å². The summed E-state index contributed by atoms with van der Waals surface area (Å²) in [5.41, 5.74) is 0. The molecule has 1 N–H and O–H groups in total. The second-order valence-corrected chi connectivity index (χ2v) is 7.21. The average molecular weight is 286 g/mol. The standard InChI is InChI=1S/C14H20ClNOS/c1-10-3-8-13(16-2)14(9-10)18(17)12-6-4-11(15)5-7-12/h4-7,10,13-14,16H,3,8-9H2,1-2H3. The van der Waals surface area contributed by atoms with Crippen molar-refractivity contribution >= 4 is 22.4 Å². The number of nitrogens with one attached hydrogen (secondary N) is 1. The van der Waals surface area contributed by atoms with E-state index >= 15 is 0 Å². The molecule has 1 aliphatic carbocycles. The maximum atomic E-state index is 12.7. The summed E-state index contributed by atoms with van der Waals surface area (Å²) in [6, 6.07) is 7.75. The van der Waals surface area contributed by atoms with E-state index in [1.165, 1.54) is 6.42 Å². The third kappa shape index (κ3) is 3.14. The van der Waals surface area contributed by atoms with Crippen LogP contribution in [0.3, 0.4) is 0 Å². The van der Waals surface area contributed by atoms with Crippen molar-refractivity contribution in [3.8, 4) is 0 Å². The van der Waals surface area contributed by atoms with Gasteiger partial charge in [-0.15, -0.1) is 0 Å². The summed E-state index contributed by atoms with van der Waals surface area (Å²) < 4.78 is 12.7. The van der Waals surface area contributed by atoms with Crippen molar-refractivity contribution < 1.29 is 4.21 Å². The van der Waals surface area contributed by atoms with Crippen LogP contribution in [-0.2, 0) is 10.8 Å². The molecule has 1 aromatic carbocycles. The van der Waals surface area contributed by atoms with E-state index in [0.29, 0.717) is 17.0 Å². The highest BCUT2D eigenvalue weighted by Crippen LogP contribution is 2.30. The van der Waals surface area contributed by atoms with Crippen LogP contribution in [0.25, 0.3) is 0 Å². The zero-order valence-electron chi connectivity index (χ0n) is 10.9. The lowest BCUT2D eigenvalue weighted by atomic mass is 9.87. The van der Waals surface area contributed by atoms with Crippen LogP contribution in [0.15, 0.2) is 29.2 Å². The number of hydrogen-bond donors (Lipinski definition) is 1. The first-order chi connectivity index (χ1) is 8.61. The van der Waals surface area contributed by atoms with Gasteiger partial charge in [-0.2, -0.15) is 0 Å². The molecule has 0 aromatic heterocycles. The van der Waals surface area contributed by atoms with Gasteiger partial charge in [0.05, 0.1) is 16.0 Å². The fraction of sp³-hybridized carbons (Fsp3) is 0.571. The Bertz CT molecular complexity index is 420. The highest BCUT2D eigenvalue weighted by molar-refractivity contribution is 7.85. The Labute approximate surface area is 117 Å². The third-order valence-electron chi connectivity index (χ3n) is 3.75. The van der Waals surface area contributed by atoms with E-state index in [9.17, 15) is 4.21 Å². The van der Waals surface area contributed by atoms with Gasteiger partial charge in [0.15, 0.2) is 0 Å². The zero-order chi connectivity index (χ0) is 13.1. The first-order valence-electron chi connectivity index (χ1n) is 6.45. The van der Waals surface area contributed by atoms with Crippen molar-refractivity contribution in [1.29, 1.82) is 0 Å².